The van der Waals surface area contributed by atoms with Crippen molar-refractivity contribution in [3.05, 3.63) is 33.9 Å². The zero-order chi connectivity index (χ0) is 11.7. The normalized spacial score (nSPS) is 18.1. The average Bonchev–Trinajstić information content (AvgIpc) is 2.39. The van der Waals surface area contributed by atoms with E-state index < -0.39 is 0 Å². The molecule has 0 amide bonds. The molecule has 0 aliphatic heterocycles. The van der Waals surface area contributed by atoms with Crippen LogP contribution in [-0.4, -0.2) is 0 Å². The molecule has 1 nitrogen and oxygen atoms in total. The van der Waals surface area contributed by atoms with Crippen molar-refractivity contribution >= 4 is 0 Å². The summed E-state index contributed by atoms with van der Waals surface area (Å²) in [7, 11) is 0. The van der Waals surface area contributed by atoms with E-state index in [2.05, 4.69) is 12.1 Å². The van der Waals surface area contributed by atoms with Crippen LogP contribution >= 0.6 is 0 Å². The Hall–Kier alpha value is -1.29. The van der Waals surface area contributed by atoms with Gasteiger partial charge in [0.2, 0.25) is 0 Å². The largest absolute Gasteiger partial charge is 0.198 e. The molecule has 0 unspecified atom stereocenters. The maximum atomic E-state index is 9.07. The summed E-state index contributed by atoms with van der Waals surface area (Å²) < 4.78 is 0. The Morgan fingerprint density at radius 2 is 1.41 bits per heavy atom. The third-order valence-corrected chi connectivity index (χ3v) is 4.35. The highest BCUT2D eigenvalue weighted by atomic mass is 14.3. The number of aryl methyl sites for hydroxylation is 2. The Balaban J connectivity index is 2.16. The van der Waals surface area contributed by atoms with Crippen LogP contribution in [0.15, 0.2) is 6.07 Å². The van der Waals surface area contributed by atoms with Crippen LogP contribution in [0.5, 0.6) is 0 Å². The standard InChI is InChI=1S/C16H19N/c17-10-9-16-14-7-3-1-5-12(14)11-13-6-2-4-8-15(13)16/h11H,1-9H2. The van der Waals surface area contributed by atoms with E-state index in [9.17, 15) is 0 Å². The van der Waals surface area contributed by atoms with E-state index in [-0.39, 0.29) is 0 Å². The number of benzene rings is 1. The minimum absolute atomic E-state index is 0.630. The molecule has 1 aromatic carbocycles. The van der Waals surface area contributed by atoms with Gasteiger partial charge < -0.3 is 0 Å². The predicted octanol–water partition coefficient (Wildman–Crippen LogP) is 3.51. The number of nitrogens with zero attached hydrogens (tertiary/aromatic N) is 1. The third-order valence-electron chi connectivity index (χ3n) is 4.35. The molecule has 3 rings (SSSR count). The van der Waals surface area contributed by atoms with Crippen molar-refractivity contribution in [2.24, 2.45) is 0 Å². The van der Waals surface area contributed by atoms with Gasteiger partial charge >= 0.3 is 0 Å². The van der Waals surface area contributed by atoms with Gasteiger partial charge in [0.05, 0.1) is 12.5 Å². The summed E-state index contributed by atoms with van der Waals surface area (Å²) in [5.74, 6) is 0. The summed E-state index contributed by atoms with van der Waals surface area (Å²) in [6, 6.07) is 4.85. The SMILES string of the molecule is N#CCc1c2c(cc3c1CCCC3)CCCC2. The van der Waals surface area contributed by atoms with Gasteiger partial charge in [-0.2, -0.15) is 5.26 Å². The van der Waals surface area contributed by atoms with Crippen molar-refractivity contribution in [3.8, 4) is 6.07 Å². The Bertz CT molecular complexity index is 445. The summed E-state index contributed by atoms with van der Waals surface area (Å²) in [6.07, 6.45) is 10.8. The minimum atomic E-state index is 0.630. The molecule has 0 fully saturated rings. The highest BCUT2D eigenvalue weighted by molar-refractivity contribution is 5.49. The molecule has 1 aromatic rings. The van der Waals surface area contributed by atoms with E-state index in [1.807, 2.05) is 0 Å². The molecular formula is C16H19N. The van der Waals surface area contributed by atoms with Gasteiger partial charge in [-0.1, -0.05) is 6.07 Å². The van der Waals surface area contributed by atoms with E-state index in [0.717, 1.165) is 0 Å². The number of fused-ring (bicyclic) bond motifs is 2. The monoisotopic (exact) mass is 225 g/mol. The molecule has 0 spiro atoms. The van der Waals surface area contributed by atoms with Crippen LogP contribution in [0.4, 0.5) is 0 Å². The van der Waals surface area contributed by atoms with Crippen LogP contribution in [0.25, 0.3) is 0 Å². The molecule has 0 aromatic heterocycles. The molecule has 0 radical (unpaired) electrons. The van der Waals surface area contributed by atoms with Gasteiger partial charge in [0.1, 0.15) is 0 Å². The quantitative estimate of drug-likeness (QED) is 0.717. The molecule has 17 heavy (non-hydrogen) atoms. The predicted molar refractivity (Wildman–Crippen MR) is 69.0 cm³/mol. The fourth-order valence-electron chi connectivity index (χ4n) is 3.55. The highest BCUT2D eigenvalue weighted by Gasteiger charge is 2.21. The first kappa shape index (κ1) is 10.8. The van der Waals surface area contributed by atoms with Crippen molar-refractivity contribution in [1.82, 2.24) is 0 Å². The molecule has 0 N–H and O–H groups in total. The molecule has 0 saturated carbocycles. The number of rotatable bonds is 1. The smallest absolute Gasteiger partial charge is 0.0669 e. The molecule has 1 heteroatoms. The summed E-state index contributed by atoms with van der Waals surface area (Å²) >= 11 is 0. The van der Waals surface area contributed by atoms with Gasteiger partial charge in [-0.15, -0.1) is 0 Å². The average molecular weight is 225 g/mol. The maximum absolute atomic E-state index is 9.07. The van der Waals surface area contributed by atoms with Crippen LogP contribution in [-0.2, 0) is 32.1 Å². The van der Waals surface area contributed by atoms with Crippen LogP contribution in [0.3, 0.4) is 0 Å². The molecule has 2 aliphatic rings. The van der Waals surface area contributed by atoms with E-state index in [0.29, 0.717) is 6.42 Å². The first-order valence-electron chi connectivity index (χ1n) is 6.92. The van der Waals surface area contributed by atoms with Crippen molar-refractivity contribution in [2.75, 3.05) is 0 Å². The number of nitriles is 1. The first-order valence-corrected chi connectivity index (χ1v) is 6.92. The Labute approximate surface area is 103 Å². The van der Waals surface area contributed by atoms with Gasteiger partial charge in [-0.3, -0.25) is 0 Å². The molecule has 0 bridgehead atoms. The van der Waals surface area contributed by atoms with Gasteiger partial charge in [0, 0.05) is 0 Å². The summed E-state index contributed by atoms with van der Waals surface area (Å²) in [4.78, 5) is 0. The molecule has 0 saturated heterocycles. The minimum Gasteiger partial charge on any atom is -0.198 e. The second kappa shape index (κ2) is 4.53. The van der Waals surface area contributed by atoms with E-state index in [4.69, 9.17) is 5.26 Å². The van der Waals surface area contributed by atoms with E-state index in [1.165, 1.54) is 56.9 Å². The number of hydrogen-bond acceptors (Lipinski definition) is 1. The number of hydrogen-bond donors (Lipinski definition) is 0. The van der Waals surface area contributed by atoms with Gasteiger partial charge in [-0.05, 0) is 79.2 Å². The van der Waals surface area contributed by atoms with Crippen molar-refractivity contribution < 1.29 is 0 Å². The second-order valence-electron chi connectivity index (χ2n) is 5.38. The van der Waals surface area contributed by atoms with Crippen LogP contribution in [0.2, 0.25) is 0 Å². The lowest BCUT2D eigenvalue weighted by atomic mass is 9.78. The third kappa shape index (κ3) is 1.86. The van der Waals surface area contributed by atoms with Crippen molar-refractivity contribution in [3.63, 3.8) is 0 Å². The zero-order valence-electron chi connectivity index (χ0n) is 10.4. The molecule has 88 valence electrons. The lowest BCUT2D eigenvalue weighted by Gasteiger charge is -2.26. The van der Waals surface area contributed by atoms with Gasteiger partial charge in [0.15, 0.2) is 0 Å². The van der Waals surface area contributed by atoms with Gasteiger partial charge in [-0.25, -0.2) is 0 Å². The Kier molecular flexibility index (Phi) is 2.89. The fraction of sp³-hybridized carbons (Fsp3) is 0.562. The topological polar surface area (TPSA) is 23.8 Å². The maximum Gasteiger partial charge on any atom is 0.0669 e. The second-order valence-corrected chi connectivity index (χ2v) is 5.38. The lowest BCUT2D eigenvalue weighted by molar-refractivity contribution is 0.649. The summed E-state index contributed by atoms with van der Waals surface area (Å²) in [6.45, 7) is 0. The molecular weight excluding hydrogens is 206 g/mol. The summed E-state index contributed by atoms with van der Waals surface area (Å²) in [5.41, 5.74) is 7.61. The zero-order valence-corrected chi connectivity index (χ0v) is 10.4. The molecule has 0 atom stereocenters. The van der Waals surface area contributed by atoms with Crippen LogP contribution < -0.4 is 0 Å². The summed E-state index contributed by atoms with van der Waals surface area (Å²) in [5, 5.41) is 9.07. The fourth-order valence-corrected chi connectivity index (χ4v) is 3.55. The van der Waals surface area contributed by atoms with Gasteiger partial charge in [0.25, 0.3) is 0 Å². The van der Waals surface area contributed by atoms with Crippen LogP contribution in [0.1, 0.15) is 53.5 Å². The molecule has 2 aliphatic carbocycles. The molecule has 0 heterocycles. The van der Waals surface area contributed by atoms with Crippen LogP contribution in [0, 0.1) is 11.3 Å². The lowest BCUT2D eigenvalue weighted by Crippen LogP contribution is -2.14. The van der Waals surface area contributed by atoms with E-state index >= 15 is 0 Å². The van der Waals surface area contributed by atoms with Crippen molar-refractivity contribution in [2.45, 2.75) is 57.8 Å². The Morgan fingerprint density at radius 1 is 0.882 bits per heavy atom. The van der Waals surface area contributed by atoms with Crippen molar-refractivity contribution in [1.29, 1.82) is 5.26 Å². The van der Waals surface area contributed by atoms with E-state index in [1.54, 1.807) is 22.3 Å². The first-order chi connectivity index (χ1) is 8.40. The highest BCUT2D eigenvalue weighted by Crippen LogP contribution is 2.33. The Morgan fingerprint density at radius 3 is 1.94 bits per heavy atom.